The van der Waals surface area contributed by atoms with Crippen molar-refractivity contribution in [2.24, 2.45) is 0 Å². The molecule has 4 rings (SSSR count). The van der Waals surface area contributed by atoms with Gasteiger partial charge in [0.25, 0.3) is 0 Å². The third-order valence-corrected chi connectivity index (χ3v) is 6.67. The molecule has 2 heterocycles. The number of halogens is 1. The van der Waals surface area contributed by atoms with Crippen LogP contribution >= 0.6 is 15.9 Å². The van der Waals surface area contributed by atoms with E-state index in [1.54, 1.807) is 6.07 Å². The molecule has 0 unspecified atom stereocenters. The minimum atomic E-state index is -0.0289. The second kappa shape index (κ2) is 12.4. The van der Waals surface area contributed by atoms with E-state index in [2.05, 4.69) is 20.8 Å². The fraction of sp³-hybridized carbons (Fsp3) is 0.444. The molecule has 5 nitrogen and oxygen atoms in total. The van der Waals surface area contributed by atoms with Crippen LogP contribution in [0.25, 0.3) is 22.1 Å². The zero-order valence-electron chi connectivity index (χ0n) is 19.1. The maximum absolute atomic E-state index is 12.9. The summed E-state index contributed by atoms with van der Waals surface area (Å²) in [6.45, 7) is 5.83. The van der Waals surface area contributed by atoms with Gasteiger partial charge >= 0.3 is 0 Å². The lowest BCUT2D eigenvalue weighted by Crippen LogP contribution is -2.36. The Labute approximate surface area is 203 Å². The van der Waals surface area contributed by atoms with Crippen molar-refractivity contribution in [1.82, 2.24) is 4.90 Å². The van der Waals surface area contributed by atoms with Gasteiger partial charge < -0.3 is 13.9 Å². The molecule has 0 N–H and O–H groups in total. The van der Waals surface area contributed by atoms with Gasteiger partial charge in [0, 0.05) is 23.6 Å². The number of nitrogens with zero attached hydrogens (tertiary/aromatic N) is 1. The second-order valence-electron chi connectivity index (χ2n) is 8.57. The van der Waals surface area contributed by atoms with Gasteiger partial charge in [-0.1, -0.05) is 53.7 Å². The van der Waals surface area contributed by atoms with Gasteiger partial charge in [0.2, 0.25) is 0 Å². The van der Waals surface area contributed by atoms with E-state index in [1.165, 1.54) is 44.9 Å². The Balaban J connectivity index is 1.18. The molecule has 1 aliphatic heterocycles. The Morgan fingerprint density at radius 3 is 2.42 bits per heavy atom. The average Bonchev–Trinajstić information content (AvgIpc) is 2.84. The highest BCUT2D eigenvalue weighted by molar-refractivity contribution is 9.10. The summed E-state index contributed by atoms with van der Waals surface area (Å²) in [7, 11) is 0. The SMILES string of the molecule is O=c1c(-c2ccc(Br)cc2)coc2cc(OCCCCCCCCN3CCOCC3)ccc12. The van der Waals surface area contributed by atoms with Crippen LogP contribution in [-0.2, 0) is 4.74 Å². The summed E-state index contributed by atoms with van der Waals surface area (Å²) in [5, 5.41) is 0.569. The number of hydrogen-bond acceptors (Lipinski definition) is 5. The number of rotatable bonds is 11. The predicted octanol–water partition coefficient (Wildman–Crippen LogP) is 6.27. The standard InChI is InChI=1S/C27H32BrNO4/c28-22-9-7-21(8-10-22)25-20-33-26-19-23(11-12-24(26)27(25)30)32-16-6-4-2-1-3-5-13-29-14-17-31-18-15-29/h7-12,19-20H,1-6,13-18H2. The van der Waals surface area contributed by atoms with Crippen molar-refractivity contribution in [3.8, 4) is 16.9 Å². The van der Waals surface area contributed by atoms with Crippen molar-refractivity contribution in [2.45, 2.75) is 38.5 Å². The number of morpholine rings is 1. The summed E-state index contributed by atoms with van der Waals surface area (Å²) in [5.74, 6) is 0.743. The highest BCUT2D eigenvalue weighted by atomic mass is 79.9. The number of ether oxygens (including phenoxy) is 2. The van der Waals surface area contributed by atoms with E-state index in [1.807, 2.05) is 36.4 Å². The lowest BCUT2D eigenvalue weighted by atomic mass is 10.1. The van der Waals surface area contributed by atoms with Crippen LogP contribution in [0.4, 0.5) is 0 Å². The van der Waals surface area contributed by atoms with Crippen LogP contribution in [0.15, 0.2) is 62.4 Å². The summed E-state index contributed by atoms with van der Waals surface area (Å²) in [6, 6.07) is 13.1. The fourth-order valence-corrected chi connectivity index (χ4v) is 4.45. The molecule has 0 saturated carbocycles. The van der Waals surface area contributed by atoms with Gasteiger partial charge in [-0.15, -0.1) is 0 Å². The van der Waals surface area contributed by atoms with Crippen molar-refractivity contribution < 1.29 is 13.9 Å². The first-order valence-corrected chi connectivity index (χ1v) is 12.7. The average molecular weight is 514 g/mol. The highest BCUT2D eigenvalue weighted by Crippen LogP contribution is 2.24. The van der Waals surface area contributed by atoms with Gasteiger partial charge in [-0.3, -0.25) is 9.69 Å². The van der Waals surface area contributed by atoms with E-state index in [4.69, 9.17) is 13.9 Å². The molecule has 0 radical (unpaired) electrons. The van der Waals surface area contributed by atoms with Gasteiger partial charge in [0.15, 0.2) is 5.43 Å². The van der Waals surface area contributed by atoms with E-state index in [0.29, 0.717) is 23.1 Å². The van der Waals surface area contributed by atoms with Crippen LogP contribution in [0.3, 0.4) is 0 Å². The minimum Gasteiger partial charge on any atom is -0.493 e. The molecule has 0 spiro atoms. The third kappa shape index (κ3) is 6.92. The molecule has 176 valence electrons. The van der Waals surface area contributed by atoms with Crippen LogP contribution in [0.2, 0.25) is 0 Å². The molecule has 0 aliphatic carbocycles. The van der Waals surface area contributed by atoms with Gasteiger partial charge in [0.1, 0.15) is 17.6 Å². The molecule has 1 aromatic heterocycles. The number of hydrogen-bond donors (Lipinski definition) is 0. The molecule has 3 aromatic rings. The lowest BCUT2D eigenvalue weighted by Gasteiger charge is -2.26. The largest absolute Gasteiger partial charge is 0.493 e. The molecule has 1 aliphatic rings. The molecule has 1 fully saturated rings. The minimum absolute atomic E-state index is 0.0289. The van der Waals surface area contributed by atoms with Crippen LogP contribution in [0.1, 0.15) is 38.5 Å². The number of fused-ring (bicyclic) bond motifs is 1. The topological polar surface area (TPSA) is 51.9 Å². The van der Waals surface area contributed by atoms with Crippen molar-refractivity contribution in [1.29, 1.82) is 0 Å². The second-order valence-corrected chi connectivity index (χ2v) is 9.48. The van der Waals surface area contributed by atoms with Gasteiger partial charge in [-0.05, 0) is 49.2 Å². The predicted molar refractivity (Wildman–Crippen MR) is 136 cm³/mol. The zero-order chi connectivity index (χ0) is 22.9. The summed E-state index contributed by atoms with van der Waals surface area (Å²) in [6.07, 6.45) is 8.86. The smallest absolute Gasteiger partial charge is 0.200 e. The van der Waals surface area contributed by atoms with Crippen LogP contribution in [0.5, 0.6) is 5.75 Å². The van der Waals surface area contributed by atoms with Crippen LogP contribution in [-0.4, -0.2) is 44.4 Å². The maximum atomic E-state index is 12.9. The summed E-state index contributed by atoms with van der Waals surface area (Å²) in [4.78, 5) is 15.4. The summed E-state index contributed by atoms with van der Waals surface area (Å²) < 4.78 is 18.0. The summed E-state index contributed by atoms with van der Waals surface area (Å²) >= 11 is 3.42. The molecule has 0 amide bonds. The van der Waals surface area contributed by atoms with E-state index in [-0.39, 0.29) is 5.43 Å². The first-order valence-electron chi connectivity index (χ1n) is 11.9. The molecular formula is C27H32BrNO4. The Morgan fingerprint density at radius 1 is 0.909 bits per heavy atom. The van der Waals surface area contributed by atoms with Crippen molar-refractivity contribution >= 4 is 26.9 Å². The monoisotopic (exact) mass is 513 g/mol. The van der Waals surface area contributed by atoms with E-state index in [9.17, 15) is 4.79 Å². The van der Waals surface area contributed by atoms with Gasteiger partial charge in [0.05, 0.1) is 30.8 Å². The Hall–Kier alpha value is -2.15. The first-order chi connectivity index (χ1) is 16.2. The molecular weight excluding hydrogens is 482 g/mol. The maximum Gasteiger partial charge on any atom is 0.200 e. The molecule has 33 heavy (non-hydrogen) atoms. The van der Waals surface area contributed by atoms with E-state index in [0.717, 1.165) is 48.5 Å². The highest BCUT2D eigenvalue weighted by Gasteiger charge is 2.11. The Bertz CT molecular complexity index is 1070. The molecule has 6 heteroatoms. The third-order valence-electron chi connectivity index (χ3n) is 6.14. The summed E-state index contributed by atoms with van der Waals surface area (Å²) in [5.41, 5.74) is 1.93. The first kappa shape index (κ1) is 24.0. The molecule has 0 bridgehead atoms. The number of benzene rings is 2. The van der Waals surface area contributed by atoms with Crippen LogP contribution < -0.4 is 10.2 Å². The fourth-order valence-electron chi connectivity index (χ4n) is 4.19. The Kier molecular flexibility index (Phi) is 8.98. The van der Waals surface area contributed by atoms with Crippen molar-refractivity contribution in [3.05, 3.63) is 63.4 Å². The van der Waals surface area contributed by atoms with E-state index < -0.39 is 0 Å². The normalized spacial score (nSPS) is 14.6. The lowest BCUT2D eigenvalue weighted by molar-refractivity contribution is 0.0371. The van der Waals surface area contributed by atoms with Crippen molar-refractivity contribution in [3.63, 3.8) is 0 Å². The van der Waals surface area contributed by atoms with Crippen LogP contribution in [0, 0.1) is 0 Å². The molecule has 0 atom stereocenters. The zero-order valence-corrected chi connectivity index (χ0v) is 20.6. The van der Waals surface area contributed by atoms with Crippen molar-refractivity contribution in [2.75, 3.05) is 39.5 Å². The molecule has 2 aromatic carbocycles. The number of unbranched alkanes of at least 4 members (excludes halogenated alkanes) is 5. The van der Waals surface area contributed by atoms with Gasteiger partial charge in [-0.2, -0.15) is 0 Å². The van der Waals surface area contributed by atoms with E-state index >= 15 is 0 Å². The van der Waals surface area contributed by atoms with Gasteiger partial charge in [-0.25, -0.2) is 0 Å². The Morgan fingerprint density at radius 2 is 1.64 bits per heavy atom. The quantitative estimate of drug-likeness (QED) is 0.282. The molecule has 1 saturated heterocycles.